The van der Waals surface area contributed by atoms with E-state index in [0.717, 1.165) is 0 Å². The van der Waals surface area contributed by atoms with Crippen molar-refractivity contribution in [1.82, 2.24) is 10.6 Å². The number of anilines is 1. The predicted molar refractivity (Wildman–Crippen MR) is 106 cm³/mol. The van der Waals surface area contributed by atoms with Crippen LogP contribution in [0.4, 0.5) is 10.5 Å². The van der Waals surface area contributed by atoms with Crippen LogP contribution in [0.25, 0.3) is 0 Å². The summed E-state index contributed by atoms with van der Waals surface area (Å²) in [6.07, 6.45) is 0. The molecule has 0 fully saturated rings. The van der Waals surface area contributed by atoms with Crippen LogP contribution in [0.2, 0.25) is 0 Å². The van der Waals surface area contributed by atoms with Gasteiger partial charge in [0.2, 0.25) is 0 Å². The zero-order valence-corrected chi connectivity index (χ0v) is 16.7. The van der Waals surface area contributed by atoms with Gasteiger partial charge in [0.1, 0.15) is 0 Å². The highest BCUT2D eigenvalue weighted by molar-refractivity contribution is 7.92. The highest BCUT2D eigenvalue weighted by atomic mass is 32.2. The third-order valence-corrected chi connectivity index (χ3v) is 5.74. The molecule has 0 saturated heterocycles. The van der Waals surface area contributed by atoms with Crippen molar-refractivity contribution in [3.8, 4) is 0 Å². The first-order valence-electron chi connectivity index (χ1n) is 8.66. The van der Waals surface area contributed by atoms with Crippen LogP contribution in [-0.4, -0.2) is 46.5 Å². The lowest BCUT2D eigenvalue weighted by Crippen LogP contribution is -2.39. The largest absolute Gasteiger partial charge is 0.452 e. The van der Waals surface area contributed by atoms with E-state index in [9.17, 15) is 22.8 Å². The molecule has 0 unspecified atom stereocenters. The van der Waals surface area contributed by atoms with Gasteiger partial charge in [-0.2, -0.15) is 0 Å². The molecule has 0 aliphatic carbocycles. The number of rotatable bonds is 7. The summed E-state index contributed by atoms with van der Waals surface area (Å²) < 4.78 is 31.9. The molecule has 2 aromatic carbocycles. The number of hydrogen-bond donors (Lipinski definition) is 2. The minimum absolute atomic E-state index is 0.0112. The van der Waals surface area contributed by atoms with Gasteiger partial charge < -0.3 is 10.1 Å². The number of hydrogen-bond acceptors (Lipinski definition) is 6. The van der Waals surface area contributed by atoms with E-state index in [1.54, 1.807) is 37.3 Å². The molecule has 3 amide bonds. The van der Waals surface area contributed by atoms with Crippen molar-refractivity contribution in [3.63, 3.8) is 0 Å². The van der Waals surface area contributed by atoms with Crippen LogP contribution in [0.1, 0.15) is 17.3 Å². The molecule has 0 heterocycles. The minimum atomic E-state index is -3.82. The number of benzene rings is 2. The maximum atomic E-state index is 12.9. The molecule has 29 heavy (non-hydrogen) atoms. The first-order valence-corrected chi connectivity index (χ1v) is 10.1. The number of amides is 3. The van der Waals surface area contributed by atoms with Crippen LogP contribution in [0.15, 0.2) is 59.5 Å². The van der Waals surface area contributed by atoms with E-state index in [1.807, 2.05) is 5.32 Å². The van der Waals surface area contributed by atoms with Gasteiger partial charge in [0.15, 0.2) is 6.61 Å². The van der Waals surface area contributed by atoms with Gasteiger partial charge in [-0.25, -0.2) is 18.0 Å². The average molecular weight is 419 g/mol. The number of para-hydroxylation sites is 1. The topological polar surface area (TPSA) is 122 Å². The molecule has 0 spiro atoms. The normalized spacial score (nSPS) is 10.7. The molecule has 154 valence electrons. The van der Waals surface area contributed by atoms with Gasteiger partial charge in [0.05, 0.1) is 16.1 Å². The molecule has 0 radical (unpaired) electrons. The molecule has 2 aromatic rings. The number of urea groups is 1. The molecule has 0 atom stereocenters. The van der Waals surface area contributed by atoms with Crippen molar-refractivity contribution in [2.24, 2.45) is 0 Å². The molecule has 0 aromatic heterocycles. The van der Waals surface area contributed by atoms with Gasteiger partial charge in [-0.3, -0.25) is 14.4 Å². The van der Waals surface area contributed by atoms with Crippen LogP contribution in [-0.2, 0) is 19.6 Å². The van der Waals surface area contributed by atoms with Crippen molar-refractivity contribution in [1.29, 1.82) is 0 Å². The average Bonchev–Trinajstić information content (AvgIpc) is 2.73. The summed E-state index contributed by atoms with van der Waals surface area (Å²) in [5.74, 6) is -1.62. The second-order valence-electron chi connectivity index (χ2n) is 5.73. The fraction of sp³-hybridized carbons (Fsp3) is 0.211. The summed E-state index contributed by atoms with van der Waals surface area (Å²) in [4.78, 5) is 34.5. The number of nitrogens with one attached hydrogen (secondary N) is 2. The number of imide groups is 1. The molecule has 9 nitrogen and oxygen atoms in total. The fourth-order valence-corrected chi connectivity index (χ4v) is 3.89. The summed E-state index contributed by atoms with van der Waals surface area (Å²) in [6, 6.07) is 13.1. The molecule has 0 saturated carbocycles. The lowest BCUT2D eigenvalue weighted by atomic mass is 10.2. The van der Waals surface area contributed by atoms with Gasteiger partial charge in [-0.1, -0.05) is 18.2 Å². The lowest BCUT2D eigenvalue weighted by Gasteiger charge is -2.22. The van der Waals surface area contributed by atoms with Crippen molar-refractivity contribution in [3.05, 3.63) is 60.2 Å². The van der Waals surface area contributed by atoms with Gasteiger partial charge in [0, 0.05) is 13.6 Å². The summed E-state index contributed by atoms with van der Waals surface area (Å²) in [7, 11) is -2.48. The Hall–Kier alpha value is -3.40. The lowest BCUT2D eigenvalue weighted by molar-refractivity contribution is -0.123. The van der Waals surface area contributed by atoms with Crippen LogP contribution >= 0.6 is 0 Å². The first-order chi connectivity index (χ1) is 13.8. The van der Waals surface area contributed by atoms with Crippen molar-refractivity contribution in [2.75, 3.05) is 24.5 Å². The molecule has 0 aliphatic rings. The van der Waals surface area contributed by atoms with Crippen LogP contribution < -0.4 is 14.9 Å². The Bertz CT molecular complexity index is 975. The summed E-state index contributed by atoms with van der Waals surface area (Å²) >= 11 is 0. The van der Waals surface area contributed by atoms with E-state index < -0.39 is 34.5 Å². The quantitative estimate of drug-likeness (QED) is 0.656. The number of carbonyl (C=O) groups excluding carboxylic acids is 3. The molecular weight excluding hydrogens is 398 g/mol. The molecule has 10 heteroatoms. The van der Waals surface area contributed by atoms with Crippen LogP contribution in [0.3, 0.4) is 0 Å². The molecule has 0 bridgehead atoms. The van der Waals surface area contributed by atoms with Crippen molar-refractivity contribution >= 4 is 33.6 Å². The zero-order chi connectivity index (χ0) is 21.4. The van der Waals surface area contributed by atoms with E-state index in [0.29, 0.717) is 5.69 Å². The van der Waals surface area contributed by atoms with Gasteiger partial charge >= 0.3 is 12.0 Å². The fourth-order valence-electron chi connectivity index (χ4n) is 2.42. The molecule has 2 N–H and O–H groups in total. The summed E-state index contributed by atoms with van der Waals surface area (Å²) in [5.41, 5.74) is 0.597. The molecule has 2 rings (SSSR count). The standard InChI is InChI=1S/C19H21N3O6S/c1-3-22(15-7-5-4-6-8-15)29(26,27)16-11-9-14(10-12-16)18(24)28-13-17(23)21-19(25)20-2/h4-12H,3,13H2,1-2H3,(H2,20,21,23,25). The Kier molecular flexibility index (Phi) is 7.32. The van der Waals surface area contributed by atoms with E-state index in [4.69, 9.17) is 4.74 Å². The third-order valence-electron chi connectivity index (χ3n) is 3.82. The van der Waals surface area contributed by atoms with E-state index in [2.05, 4.69) is 5.32 Å². The number of ether oxygens (including phenoxy) is 1. The Morgan fingerprint density at radius 1 is 1.00 bits per heavy atom. The highest BCUT2D eigenvalue weighted by Gasteiger charge is 2.24. The van der Waals surface area contributed by atoms with Crippen LogP contribution in [0.5, 0.6) is 0 Å². The van der Waals surface area contributed by atoms with Gasteiger partial charge in [-0.15, -0.1) is 0 Å². The zero-order valence-electron chi connectivity index (χ0n) is 15.9. The Morgan fingerprint density at radius 3 is 2.17 bits per heavy atom. The predicted octanol–water partition coefficient (Wildman–Crippen LogP) is 1.51. The van der Waals surface area contributed by atoms with E-state index in [1.165, 1.54) is 35.6 Å². The summed E-state index contributed by atoms with van der Waals surface area (Å²) in [6.45, 7) is 1.31. The maximum absolute atomic E-state index is 12.9. The Morgan fingerprint density at radius 2 is 1.62 bits per heavy atom. The van der Waals surface area contributed by atoms with Crippen molar-refractivity contribution in [2.45, 2.75) is 11.8 Å². The second-order valence-corrected chi connectivity index (χ2v) is 7.60. The van der Waals surface area contributed by atoms with E-state index in [-0.39, 0.29) is 17.0 Å². The first kappa shape index (κ1) is 21.9. The number of carbonyl (C=O) groups is 3. The SMILES string of the molecule is CCN(c1ccccc1)S(=O)(=O)c1ccc(C(=O)OCC(=O)NC(=O)NC)cc1. The van der Waals surface area contributed by atoms with Gasteiger partial charge in [0.25, 0.3) is 15.9 Å². The van der Waals surface area contributed by atoms with Crippen molar-refractivity contribution < 1.29 is 27.5 Å². The number of esters is 1. The summed E-state index contributed by atoms with van der Waals surface area (Å²) in [5, 5.41) is 4.14. The van der Waals surface area contributed by atoms with Gasteiger partial charge in [-0.05, 0) is 43.3 Å². The smallest absolute Gasteiger partial charge is 0.338 e. The highest BCUT2D eigenvalue weighted by Crippen LogP contribution is 2.23. The second kappa shape index (κ2) is 9.69. The Labute approximate surface area is 168 Å². The molecule has 0 aliphatic heterocycles. The maximum Gasteiger partial charge on any atom is 0.338 e. The number of sulfonamides is 1. The Balaban J connectivity index is 2.09. The third kappa shape index (κ3) is 5.55. The minimum Gasteiger partial charge on any atom is -0.452 e. The monoisotopic (exact) mass is 419 g/mol. The molecular formula is C19H21N3O6S. The van der Waals surface area contributed by atoms with Crippen LogP contribution in [0, 0.1) is 0 Å². The van der Waals surface area contributed by atoms with E-state index >= 15 is 0 Å². The number of nitrogens with zero attached hydrogens (tertiary/aromatic N) is 1.